The zero-order valence-electron chi connectivity index (χ0n) is 12.9. The summed E-state index contributed by atoms with van der Waals surface area (Å²) >= 11 is 0. The van der Waals surface area contributed by atoms with E-state index >= 15 is 0 Å². The van der Waals surface area contributed by atoms with Crippen molar-refractivity contribution in [1.82, 2.24) is 15.0 Å². The number of fused-ring (bicyclic) bond motifs is 2. The number of aromatic amines is 2. The van der Waals surface area contributed by atoms with E-state index in [0.717, 1.165) is 33.1 Å². The van der Waals surface area contributed by atoms with Crippen molar-refractivity contribution in [2.45, 2.75) is 13.8 Å². The monoisotopic (exact) mass is 304 g/mol. The van der Waals surface area contributed by atoms with Gasteiger partial charge >= 0.3 is 0 Å². The number of nitrogen functional groups attached to an aromatic ring is 1. The zero-order chi connectivity index (χ0) is 16.1. The lowest BCUT2D eigenvalue weighted by atomic mass is 10.1. The van der Waals surface area contributed by atoms with Gasteiger partial charge in [0, 0.05) is 5.39 Å². The number of H-pyrrole nitrogens is 2. The maximum absolute atomic E-state index is 12.5. The number of pyridine rings is 1. The second-order valence-corrected chi connectivity index (χ2v) is 5.78. The summed E-state index contributed by atoms with van der Waals surface area (Å²) in [5, 5.41) is 0.815. The molecule has 0 bridgehead atoms. The normalized spacial score (nSPS) is 11.4. The molecule has 0 atom stereocenters. The Labute approximate surface area is 132 Å². The van der Waals surface area contributed by atoms with Gasteiger partial charge in [-0.1, -0.05) is 24.3 Å². The van der Waals surface area contributed by atoms with Crippen LogP contribution in [0.2, 0.25) is 0 Å². The van der Waals surface area contributed by atoms with Crippen molar-refractivity contribution in [3.8, 4) is 11.4 Å². The summed E-state index contributed by atoms with van der Waals surface area (Å²) in [4.78, 5) is 23.2. The van der Waals surface area contributed by atoms with Crippen molar-refractivity contribution >= 4 is 27.6 Å². The standard InChI is InChI=1S/C18H16N4O/c1-9-7-8-13-16(10(9)2)22-17(20-13)14-15(19)11-5-3-4-6-12(11)21-18(14)23/h3-8H,1-2H3,(H,20,22)(H3,19,21,23). The maximum Gasteiger partial charge on any atom is 0.261 e. The number of nitrogens with two attached hydrogens (primary N) is 1. The molecule has 0 saturated carbocycles. The van der Waals surface area contributed by atoms with Gasteiger partial charge in [-0.15, -0.1) is 0 Å². The Hall–Kier alpha value is -3.08. The van der Waals surface area contributed by atoms with Crippen LogP contribution in [-0.2, 0) is 0 Å². The van der Waals surface area contributed by atoms with Crippen LogP contribution in [0.25, 0.3) is 33.3 Å². The third kappa shape index (κ3) is 1.93. The van der Waals surface area contributed by atoms with Gasteiger partial charge in [0.25, 0.3) is 5.56 Å². The number of nitrogens with one attached hydrogen (secondary N) is 2. The number of imidazole rings is 1. The summed E-state index contributed by atoms with van der Waals surface area (Å²) in [5.74, 6) is 0.498. The van der Waals surface area contributed by atoms with Gasteiger partial charge in [0.15, 0.2) is 0 Å². The summed E-state index contributed by atoms with van der Waals surface area (Å²) in [6, 6.07) is 11.5. The SMILES string of the molecule is Cc1ccc2[nH]c(-c3c(N)c4ccccc4[nH]c3=O)nc2c1C. The molecule has 23 heavy (non-hydrogen) atoms. The molecule has 0 unspecified atom stereocenters. The molecule has 0 aliphatic heterocycles. The van der Waals surface area contributed by atoms with Gasteiger partial charge in [-0.05, 0) is 37.1 Å². The highest BCUT2D eigenvalue weighted by molar-refractivity contribution is 5.97. The van der Waals surface area contributed by atoms with E-state index in [4.69, 9.17) is 5.73 Å². The van der Waals surface area contributed by atoms with Crippen molar-refractivity contribution in [1.29, 1.82) is 0 Å². The summed E-state index contributed by atoms with van der Waals surface area (Å²) in [6.45, 7) is 4.07. The third-order valence-corrected chi connectivity index (χ3v) is 4.38. The third-order valence-electron chi connectivity index (χ3n) is 4.38. The van der Waals surface area contributed by atoms with Gasteiger partial charge in [0.1, 0.15) is 11.4 Å². The topological polar surface area (TPSA) is 87.6 Å². The number of para-hydroxylation sites is 1. The maximum atomic E-state index is 12.5. The van der Waals surface area contributed by atoms with Crippen molar-refractivity contribution < 1.29 is 0 Å². The highest BCUT2D eigenvalue weighted by atomic mass is 16.1. The Morgan fingerprint density at radius 3 is 2.61 bits per heavy atom. The van der Waals surface area contributed by atoms with Gasteiger partial charge in [-0.3, -0.25) is 4.79 Å². The molecule has 4 aromatic rings. The Balaban J connectivity index is 2.06. The average Bonchev–Trinajstić information content (AvgIpc) is 2.95. The molecule has 114 valence electrons. The minimum atomic E-state index is -0.241. The van der Waals surface area contributed by atoms with Crippen LogP contribution in [0.5, 0.6) is 0 Å². The summed E-state index contributed by atoms with van der Waals surface area (Å²) in [7, 11) is 0. The summed E-state index contributed by atoms with van der Waals surface area (Å²) in [6.07, 6.45) is 0. The van der Waals surface area contributed by atoms with Crippen LogP contribution in [0.4, 0.5) is 5.69 Å². The van der Waals surface area contributed by atoms with Gasteiger partial charge in [0.05, 0.1) is 22.2 Å². The molecule has 5 heteroatoms. The number of benzene rings is 2. The Morgan fingerprint density at radius 1 is 1.00 bits per heavy atom. The molecule has 0 spiro atoms. The fourth-order valence-corrected chi connectivity index (χ4v) is 2.94. The lowest BCUT2D eigenvalue weighted by Crippen LogP contribution is -2.13. The van der Waals surface area contributed by atoms with E-state index in [0.29, 0.717) is 17.1 Å². The molecule has 2 aromatic heterocycles. The van der Waals surface area contributed by atoms with E-state index in [2.05, 4.69) is 15.0 Å². The number of nitrogens with zero attached hydrogens (tertiary/aromatic N) is 1. The molecule has 0 aliphatic rings. The van der Waals surface area contributed by atoms with Crippen LogP contribution in [0, 0.1) is 13.8 Å². The molecule has 0 amide bonds. The fourth-order valence-electron chi connectivity index (χ4n) is 2.94. The minimum absolute atomic E-state index is 0.241. The lowest BCUT2D eigenvalue weighted by molar-refractivity contribution is 1.25. The Morgan fingerprint density at radius 2 is 1.78 bits per heavy atom. The second kappa shape index (κ2) is 4.71. The van der Waals surface area contributed by atoms with Crippen molar-refractivity contribution in [2.24, 2.45) is 0 Å². The van der Waals surface area contributed by atoms with Crippen LogP contribution < -0.4 is 11.3 Å². The summed E-state index contributed by atoms with van der Waals surface area (Å²) in [5.41, 5.74) is 11.6. The van der Waals surface area contributed by atoms with Gasteiger partial charge in [-0.2, -0.15) is 0 Å². The molecule has 0 radical (unpaired) electrons. The van der Waals surface area contributed by atoms with Crippen molar-refractivity contribution in [3.63, 3.8) is 0 Å². The molecule has 2 heterocycles. The number of aromatic nitrogens is 3. The Bertz CT molecular complexity index is 1120. The van der Waals surface area contributed by atoms with Gasteiger partial charge < -0.3 is 15.7 Å². The average molecular weight is 304 g/mol. The van der Waals surface area contributed by atoms with Crippen LogP contribution in [0.15, 0.2) is 41.2 Å². The first-order valence-corrected chi connectivity index (χ1v) is 7.43. The number of hydrogen-bond acceptors (Lipinski definition) is 3. The first-order valence-electron chi connectivity index (χ1n) is 7.43. The number of aryl methyl sites for hydroxylation is 2. The molecule has 4 N–H and O–H groups in total. The Kier molecular flexibility index (Phi) is 2.78. The van der Waals surface area contributed by atoms with Crippen molar-refractivity contribution in [2.75, 3.05) is 5.73 Å². The molecular formula is C18H16N4O. The van der Waals surface area contributed by atoms with E-state index in [1.807, 2.05) is 50.2 Å². The van der Waals surface area contributed by atoms with E-state index in [1.165, 1.54) is 0 Å². The molecule has 0 saturated heterocycles. The van der Waals surface area contributed by atoms with Crippen LogP contribution in [-0.4, -0.2) is 15.0 Å². The molecule has 0 aliphatic carbocycles. The predicted octanol–water partition coefficient (Wildman–Crippen LogP) is 3.27. The number of rotatable bonds is 1. The molecular weight excluding hydrogens is 288 g/mol. The smallest absolute Gasteiger partial charge is 0.261 e. The first-order chi connectivity index (χ1) is 11.1. The fraction of sp³-hybridized carbons (Fsp3) is 0.111. The highest BCUT2D eigenvalue weighted by Gasteiger charge is 2.16. The van der Waals surface area contributed by atoms with Gasteiger partial charge in [0.2, 0.25) is 0 Å². The quantitative estimate of drug-likeness (QED) is 0.504. The molecule has 5 nitrogen and oxygen atoms in total. The van der Waals surface area contributed by atoms with E-state index in [1.54, 1.807) is 0 Å². The first kappa shape index (κ1) is 13.6. The van der Waals surface area contributed by atoms with Crippen LogP contribution in [0.1, 0.15) is 11.1 Å². The van der Waals surface area contributed by atoms with Crippen LogP contribution in [0.3, 0.4) is 0 Å². The summed E-state index contributed by atoms with van der Waals surface area (Å²) < 4.78 is 0. The lowest BCUT2D eigenvalue weighted by Gasteiger charge is -2.06. The van der Waals surface area contributed by atoms with E-state index in [-0.39, 0.29) is 5.56 Å². The van der Waals surface area contributed by atoms with Crippen LogP contribution >= 0.6 is 0 Å². The second-order valence-electron chi connectivity index (χ2n) is 5.78. The van der Waals surface area contributed by atoms with Crippen molar-refractivity contribution in [3.05, 3.63) is 57.9 Å². The highest BCUT2D eigenvalue weighted by Crippen LogP contribution is 2.29. The largest absolute Gasteiger partial charge is 0.397 e. The molecule has 4 rings (SSSR count). The minimum Gasteiger partial charge on any atom is -0.397 e. The molecule has 2 aromatic carbocycles. The number of hydrogen-bond donors (Lipinski definition) is 3. The van der Waals surface area contributed by atoms with Gasteiger partial charge in [-0.25, -0.2) is 4.98 Å². The number of anilines is 1. The molecule has 0 fully saturated rings. The zero-order valence-corrected chi connectivity index (χ0v) is 12.9. The van der Waals surface area contributed by atoms with E-state index in [9.17, 15) is 4.79 Å². The predicted molar refractivity (Wildman–Crippen MR) is 93.5 cm³/mol. The van der Waals surface area contributed by atoms with E-state index < -0.39 is 0 Å².